The van der Waals surface area contributed by atoms with Crippen molar-refractivity contribution in [2.24, 2.45) is 0 Å². The molecular weight excluding hydrogens is 326 g/mol. The first-order valence-electron chi connectivity index (χ1n) is 9.26. The van der Waals surface area contributed by atoms with Crippen molar-refractivity contribution in [3.63, 3.8) is 0 Å². The molecule has 0 fully saturated rings. The average molecular weight is 356 g/mol. The molecule has 0 radical (unpaired) electrons. The number of benzene rings is 2. The van der Waals surface area contributed by atoms with Crippen molar-refractivity contribution < 1.29 is 0 Å². The molecule has 0 saturated carbocycles. The van der Waals surface area contributed by atoms with E-state index in [9.17, 15) is 0 Å². The maximum atomic E-state index is 3.63. The normalized spacial score (nSPS) is 17.8. The molecule has 3 nitrogen and oxygen atoms in total. The minimum absolute atomic E-state index is 0.937. The predicted octanol–water partition coefficient (Wildman–Crippen LogP) is 3.74. The minimum atomic E-state index is 0.937. The van der Waals surface area contributed by atoms with Gasteiger partial charge in [0.2, 0.25) is 0 Å². The zero-order valence-electron chi connectivity index (χ0n) is 15.1. The molecule has 0 amide bonds. The number of rotatable bonds is 2. The van der Waals surface area contributed by atoms with Gasteiger partial charge in [0.05, 0.1) is 0 Å². The van der Waals surface area contributed by atoms with Crippen LogP contribution in [0.4, 0.5) is 0 Å². The molecule has 25 heavy (non-hydrogen) atoms. The standard InChI is InChI=1S/C21H29N3S/c1-24-14-6-12-22-16-18-8-5-9-19(17-23-13-7-15-24)21(18)25-20-10-3-2-4-11-20/h2-5,8-11,22-23H,6-7,12-17H2,1H3. The van der Waals surface area contributed by atoms with Crippen LogP contribution in [-0.4, -0.2) is 38.1 Å². The molecule has 0 spiro atoms. The second-order valence-corrected chi connectivity index (χ2v) is 7.77. The number of nitrogens with one attached hydrogen (secondary N) is 2. The number of fused-ring (bicyclic) bond motifs is 2. The molecule has 1 aliphatic heterocycles. The Morgan fingerprint density at radius 1 is 0.800 bits per heavy atom. The summed E-state index contributed by atoms with van der Waals surface area (Å²) in [7, 11) is 2.23. The summed E-state index contributed by atoms with van der Waals surface area (Å²) in [6, 6.07) is 17.4. The van der Waals surface area contributed by atoms with Crippen molar-refractivity contribution >= 4 is 11.8 Å². The van der Waals surface area contributed by atoms with E-state index in [1.54, 1.807) is 0 Å². The lowest BCUT2D eigenvalue weighted by Gasteiger charge is -2.19. The summed E-state index contributed by atoms with van der Waals surface area (Å²) in [4.78, 5) is 5.15. The summed E-state index contributed by atoms with van der Waals surface area (Å²) in [5, 5.41) is 7.27. The molecule has 2 bridgehead atoms. The highest BCUT2D eigenvalue weighted by Crippen LogP contribution is 2.33. The van der Waals surface area contributed by atoms with Gasteiger partial charge in [-0.2, -0.15) is 0 Å². The summed E-state index contributed by atoms with van der Waals surface area (Å²) in [6.07, 6.45) is 2.40. The van der Waals surface area contributed by atoms with Gasteiger partial charge in [0.1, 0.15) is 0 Å². The lowest BCUT2D eigenvalue weighted by Crippen LogP contribution is -2.28. The van der Waals surface area contributed by atoms with E-state index in [4.69, 9.17) is 0 Å². The van der Waals surface area contributed by atoms with Crippen molar-refractivity contribution in [2.75, 3.05) is 33.2 Å². The first kappa shape index (κ1) is 18.5. The average Bonchev–Trinajstić information content (AvgIpc) is 2.63. The summed E-state index contributed by atoms with van der Waals surface area (Å²) in [5.41, 5.74) is 2.80. The summed E-state index contributed by atoms with van der Waals surface area (Å²) < 4.78 is 0. The minimum Gasteiger partial charge on any atom is -0.313 e. The van der Waals surface area contributed by atoms with Gasteiger partial charge < -0.3 is 15.5 Å². The summed E-state index contributed by atoms with van der Waals surface area (Å²) in [5.74, 6) is 0. The van der Waals surface area contributed by atoms with E-state index in [1.165, 1.54) is 46.8 Å². The fraction of sp³-hybridized carbons (Fsp3) is 0.429. The van der Waals surface area contributed by atoms with E-state index in [2.05, 4.69) is 71.1 Å². The van der Waals surface area contributed by atoms with Gasteiger partial charge in [0.25, 0.3) is 0 Å². The van der Waals surface area contributed by atoms with Crippen molar-refractivity contribution in [3.8, 4) is 0 Å². The molecule has 0 unspecified atom stereocenters. The van der Waals surface area contributed by atoms with Crippen molar-refractivity contribution in [1.82, 2.24) is 15.5 Å². The lowest BCUT2D eigenvalue weighted by atomic mass is 10.1. The van der Waals surface area contributed by atoms with Crippen LogP contribution in [0.2, 0.25) is 0 Å². The second kappa shape index (κ2) is 9.97. The van der Waals surface area contributed by atoms with Crippen LogP contribution >= 0.6 is 11.8 Å². The molecular formula is C21H29N3S. The predicted molar refractivity (Wildman–Crippen MR) is 107 cm³/mol. The highest BCUT2D eigenvalue weighted by molar-refractivity contribution is 7.99. The molecule has 0 aliphatic carbocycles. The van der Waals surface area contributed by atoms with Crippen LogP contribution in [0.5, 0.6) is 0 Å². The Morgan fingerprint density at radius 3 is 2.00 bits per heavy atom. The second-order valence-electron chi connectivity index (χ2n) is 6.68. The Kier molecular flexibility index (Phi) is 7.37. The topological polar surface area (TPSA) is 27.3 Å². The summed E-state index contributed by atoms with van der Waals surface area (Å²) >= 11 is 1.89. The highest BCUT2D eigenvalue weighted by Gasteiger charge is 2.11. The molecule has 0 saturated heterocycles. The highest BCUT2D eigenvalue weighted by atomic mass is 32.2. The number of hydrogen-bond donors (Lipinski definition) is 2. The van der Waals surface area contributed by atoms with E-state index < -0.39 is 0 Å². The van der Waals surface area contributed by atoms with Gasteiger partial charge in [0, 0.05) is 22.9 Å². The van der Waals surface area contributed by atoms with Crippen molar-refractivity contribution in [3.05, 3.63) is 59.7 Å². The maximum absolute atomic E-state index is 3.63. The van der Waals surface area contributed by atoms with E-state index in [0.29, 0.717) is 0 Å². The molecule has 4 heteroatoms. The van der Waals surface area contributed by atoms with Gasteiger partial charge in [-0.1, -0.05) is 48.2 Å². The first-order valence-corrected chi connectivity index (χ1v) is 10.1. The van der Waals surface area contributed by atoms with Crippen LogP contribution in [0.25, 0.3) is 0 Å². The molecule has 134 valence electrons. The zero-order valence-corrected chi connectivity index (χ0v) is 15.9. The van der Waals surface area contributed by atoms with Gasteiger partial charge in [-0.05, 0) is 69.3 Å². The van der Waals surface area contributed by atoms with Gasteiger partial charge >= 0.3 is 0 Å². The first-order chi connectivity index (χ1) is 12.3. The maximum Gasteiger partial charge on any atom is 0.0216 e. The van der Waals surface area contributed by atoms with Gasteiger partial charge in [-0.25, -0.2) is 0 Å². The third-order valence-electron chi connectivity index (χ3n) is 4.56. The largest absolute Gasteiger partial charge is 0.313 e. The molecule has 0 aromatic heterocycles. The van der Waals surface area contributed by atoms with Crippen molar-refractivity contribution in [2.45, 2.75) is 35.7 Å². The molecule has 2 N–H and O–H groups in total. The van der Waals surface area contributed by atoms with E-state index in [0.717, 1.165) is 26.2 Å². The molecule has 2 aromatic rings. The van der Waals surface area contributed by atoms with Crippen LogP contribution in [0.15, 0.2) is 58.3 Å². The van der Waals surface area contributed by atoms with Crippen LogP contribution in [0.3, 0.4) is 0 Å². The number of nitrogens with zero attached hydrogens (tertiary/aromatic N) is 1. The fourth-order valence-electron chi connectivity index (χ4n) is 3.16. The fourth-order valence-corrected chi connectivity index (χ4v) is 4.23. The van der Waals surface area contributed by atoms with Crippen LogP contribution in [0, 0.1) is 0 Å². The lowest BCUT2D eigenvalue weighted by molar-refractivity contribution is 0.319. The van der Waals surface area contributed by atoms with E-state index in [1.807, 2.05) is 11.8 Å². The van der Waals surface area contributed by atoms with Gasteiger partial charge in [-0.3, -0.25) is 0 Å². The monoisotopic (exact) mass is 355 g/mol. The Hall–Kier alpha value is -1.33. The summed E-state index contributed by atoms with van der Waals surface area (Å²) in [6.45, 7) is 6.35. The quantitative estimate of drug-likeness (QED) is 0.858. The molecule has 3 rings (SSSR count). The van der Waals surface area contributed by atoms with Crippen LogP contribution in [-0.2, 0) is 13.1 Å². The van der Waals surface area contributed by atoms with E-state index in [-0.39, 0.29) is 0 Å². The Labute approximate surface area is 156 Å². The Bertz CT molecular complexity index is 613. The number of hydrogen-bond acceptors (Lipinski definition) is 4. The third-order valence-corrected chi connectivity index (χ3v) is 5.80. The third kappa shape index (κ3) is 5.86. The molecule has 2 aromatic carbocycles. The Morgan fingerprint density at radius 2 is 1.40 bits per heavy atom. The molecule has 0 atom stereocenters. The van der Waals surface area contributed by atoms with Crippen LogP contribution in [0.1, 0.15) is 24.0 Å². The van der Waals surface area contributed by atoms with Gasteiger partial charge in [0.15, 0.2) is 0 Å². The Balaban J connectivity index is 1.79. The van der Waals surface area contributed by atoms with E-state index >= 15 is 0 Å². The van der Waals surface area contributed by atoms with Crippen molar-refractivity contribution in [1.29, 1.82) is 0 Å². The van der Waals surface area contributed by atoms with Gasteiger partial charge in [-0.15, -0.1) is 0 Å². The SMILES string of the molecule is CN1CCCNCc2cccc(c2Sc2ccccc2)CNCCC1. The van der Waals surface area contributed by atoms with Crippen LogP contribution < -0.4 is 10.6 Å². The molecule has 1 aliphatic rings. The molecule has 1 heterocycles. The zero-order chi connectivity index (χ0) is 17.3. The smallest absolute Gasteiger partial charge is 0.0216 e.